The average Bonchev–Trinajstić information content (AvgIpc) is 2.49. The van der Waals surface area contributed by atoms with Crippen molar-refractivity contribution in [2.75, 3.05) is 6.61 Å². The van der Waals surface area contributed by atoms with Gasteiger partial charge in [-0.05, 0) is 38.3 Å². The molecule has 22 heavy (non-hydrogen) atoms. The van der Waals surface area contributed by atoms with E-state index in [1.807, 2.05) is 30.3 Å². The van der Waals surface area contributed by atoms with Crippen molar-refractivity contribution in [1.29, 1.82) is 0 Å². The minimum Gasteiger partial charge on any atom is -0.474 e. The monoisotopic (exact) mass is 324 g/mol. The van der Waals surface area contributed by atoms with Gasteiger partial charge in [-0.3, -0.25) is 0 Å². The van der Waals surface area contributed by atoms with E-state index in [0.717, 1.165) is 24.7 Å². The summed E-state index contributed by atoms with van der Waals surface area (Å²) in [6.45, 7) is 9.65. The Bertz CT molecular complexity index is 376. The van der Waals surface area contributed by atoms with E-state index >= 15 is 0 Å². The summed E-state index contributed by atoms with van der Waals surface area (Å²) in [5.41, 5.74) is 0. The SMILES string of the molecule is CC(C)CCCCCCCOC(C)(C)POc1ccccc1. The smallest absolute Gasteiger partial charge is 0.123 e. The standard InChI is InChI=1S/C19H33O2P/c1-17(2)13-9-6-5-7-12-16-20-19(3,4)22-21-18-14-10-8-11-15-18/h8,10-11,14-15,17,22H,5-7,9,12-13,16H2,1-4H3. The van der Waals surface area contributed by atoms with Crippen molar-refractivity contribution in [1.82, 2.24) is 0 Å². The zero-order valence-electron chi connectivity index (χ0n) is 14.7. The van der Waals surface area contributed by atoms with E-state index in [0.29, 0.717) is 8.81 Å². The lowest BCUT2D eigenvalue weighted by atomic mass is 10.0. The van der Waals surface area contributed by atoms with Crippen LogP contribution in [0.25, 0.3) is 0 Å². The second-order valence-corrected chi connectivity index (χ2v) is 8.44. The first kappa shape index (κ1) is 19.5. The second kappa shape index (κ2) is 11.0. The lowest BCUT2D eigenvalue weighted by molar-refractivity contribution is 0.0429. The third-order valence-electron chi connectivity index (χ3n) is 3.55. The molecule has 0 N–H and O–H groups in total. The van der Waals surface area contributed by atoms with E-state index in [1.165, 1.54) is 32.1 Å². The molecule has 1 aromatic carbocycles. The Balaban J connectivity index is 2.03. The van der Waals surface area contributed by atoms with Gasteiger partial charge in [-0.25, -0.2) is 0 Å². The van der Waals surface area contributed by atoms with Crippen LogP contribution in [0.2, 0.25) is 0 Å². The van der Waals surface area contributed by atoms with E-state index in [9.17, 15) is 0 Å². The van der Waals surface area contributed by atoms with Crippen LogP contribution in [-0.4, -0.2) is 11.9 Å². The van der Waals surface area contributed by atoms with Gasteiger partial charge in [-0.1, -0.05) is 64.2 Å². The summed E-state index contributed by atoms with van der Waals surface area (Å²) >= 11 is 0. The van der Waals surface area contributed by atoms with E-state index in [-0.39, 0.29) is 5.34 Å². The zero-order chi connectivity index (χ0) is 16.3. The van der Waals surface area contributed by atoms with Crippen LogP contribution in [0.1, 0.15) is 66.2 Å². The predicted molar refractivity (Wildman–Crippen MR) is 98.0 cm³/mol. The number of para-hydroxylation sites is 1. The topological polar surface area (TPSA) is 18.5 Å². The quantitative estimate of drug-likeness (QED) is 0.327. The maximum Gasteiger partial charge on any atom is 0.123 e. The lowest BCUT2D eigenvalue weighted by Gasteiger charge is -2.24. The fourth-order valence-electron chi connectivity index (χ4n) is 2.21. The molecule has 0 aliphatic carbocycles. The fraction of sp³-hybridized carbons (Fsp3) is 0.684. The molecule has 0 radical (unpaired) electrons. The molecule has 0 saturated heterocycles. The molecule has 1 aromatic rings. The highest BCUT2D eigenvalue weighted by Gasteiger charge is 2.19. The number of benzene rings is 1. The molecule has 1 atom stereocenters. The Morgan fingerprint density at radius 3 is 2.27 bits per heavy atom. The predicted octanol–water partition coefficient (Wildman–Crippen LogP) is 6.41. The number of hydrogen-bond acceptors (Lipinski definition) is 2. The van der Waals surface area contributed by atoms with E-state index in [2.05, 4.69) is 27.7 Å². The molecule has 2 nitrogen and oxygen atoms in total. The molecular weight excluding hydrogens is 291 g/mol. The molecule has 1 rings (SSSR count). The summed E-state index contributed by atoms with van der Waals surface area (Å²) in [6.07, 6.45) is 7.86. The summed E-state index contributed by atoms with van der Waals surface area (Å²) in [5, 5.41) is -0.201. The molecule has 126 valence electrons. The van der Waals surface area contributed by atoms with Crippen LogP contribution in [0.5, 0.6) is 5.75 Å². The average molecular weight is 324 g/mol. The van der Waals surface area contributed by atoms with Gasteiger partial charge in [0, 0.05) is 6.61 Å². The molecule has 0 saturated carbocycles. The number of unbranched alkanes of at least 4 members (excludes halogenated alkanes) is 4. The van der Waals surface area contributed by atoms with Crippen LogP contribution in [0.3, 0.4) is 0 Å². The van der Waals surface area contributed by atoms with Crippen molar-refractivity contribution in [3.8, 4) is 5.75 Å². The summed E-state index contributed by atoms with van der Waals surface area (Å²) in [5.74, 6) is 1.76. The molecule has 0 aliphatic heterocycles. The third-order valence-corrected chi connectivity index (χ3v) is 4.52. The Kier molecular flexibility index (Phi) is 9.75. The molecule has 0 amide bonds. The van der Waals surface area contributed by atoms with Gasteiger partial charge in [0.25, 0.3) is 0 Å². The first-order valence-electron chi connectivity index (χ1n) is 8.62. The van der Waals surface area contributed by atoms with Crippen LogP contribution in [0.15, 0.2) is 30.3 Å². The van der Waals surface area contributed by atoms with Crippen LogP contribution >= 0.6 is 8.81 Å². The molecule has 0 aliphatic rings. The van der Waals surface area contributed by atoms with Gasteiger partial charge in [0.1, 0.15) is 19.9 Å². The van der Waals surface area contributed by atoms with Crippen molar-refractivity contribution in [2.45, 2.75) is 71.6 Å². The molecule has 0 spiro atoms. The van der Waals surface area contributed by atoms with Crippen molar-refractivity contribution in [3.63, 3.8) is 0 Å². The van der Waals surface area contributed by atoms with Crippen molar-refractivity contribution in [3.05, 3.63) is 30.3 Å². The Morgan fingerprint density at radius 1 is 0.955 bits per heavy atom. The van der Waals surface area contributed by atoms with Crippen LogP contribution in [-0.2, 0) is 4.74 Å². The van der Waals surface area contributed by atoms with Gasteiger partial charge in [0.2, 0.25) is 0 Å². The molecular formula is C19H33O2P. The number of hydrogen-bond donors (Lipinski definition) is 0. The van der Waals surface area contributed by atoms with Crippen molar-refractivity contribution < 1.29 is 9.26 Å². The van der Waals surface area contributed by atoms with Crippen LogP contribution in [0, 0.1) is 5.92 Å². The van der Waals surface area contributed by atoms with Gasteiger partial charge in [-0.2, -0.15) is 0 Å². The minimum absolute atomic E-state index is 0.201. The van der Waals surface area contributed by atoms with Crippen molar-refractivity contribution >= 4 is 8.81 Å². The van der Waals surface area contributed by atoms with Gasteiger partial charge in [-0.15, -0.1) is 0 Å². The normalized spacial score (nSPS) is 12.4. The van der Waals surface area contributed by atoms with Crippen molar-refractivity contribution in [2.24, 2.45) is 5.92 Å². The minimum atomic E-state index is -0.201. The Labute approximate surface area is 138 Å². The summed E-state index contributed by atoms with van der Waals surface area (Å²) < 4.78 is 11.8. The lowest BCUT2D eigenvalue weighted by Crippen LogP contribution is -2.20. The largest absolute Gasteiger partial charge is 0.474 e. The molecule has 0 aromatic heterocycles. The first-order valence-corrected chi connectivity index (χ1v) is 9.53. The van der Waals surface area contributed by atoms with E-state index in [4.69, 9.17) is 9.26 Å². The van der Waals surface area contributed by atoms with Gasteiger partial charge < -0.3 is 9.26 Å². The summed E-state index contributed by atoms with van der Waals surface area (Å²) in [4.78, 5) is 0. The first-order chi connectivity index (χ1) is 10.5. The Hall–Kier alpha value is -0.590. The van der Waals surface area contributed by atoms with Crippen LogP contribution < -0.4 is 4.52 Å². The number of ether oxygens (including phenoxy) is 1. The second-order valence-electron chi connectivity index (χ2n) is 6.83. The van der Waals surface area contributed by atoms with Gasteiger partial charge >= 0.3 is 0 Å². The maximum atomic E-state index is 5.98. The molecule has 0 heterocycles. The maximum absolute atomic E-state index is 5.98. The summed E-state index contributed by atoms with van der Waals surface area (Å²) in [6, 6.07) is 9.96. The number of rotatable bonds is 12. The zero-order valence-corrected chi connectivity index (χ0v) is 15.7. The van der Waals surface area contributed by atoms with Gasteiger partial charge in [0.05, 0.1) is 0 Å². The Morgan fingerprint density at radius 2 is 1.59 bits per heavy atom. The highest BCUT2D eigenvalue weighted by molar-refractivity contribution is 7.34. The molecule has 0 bridgehead atoms. The fourth-order valence-corrected chi connectivity index (χ4v) is 2.87. The van der Waals surface area contributed by atoms with E-state index < -0.39 is 0 Å². The van der Waals surface area contributed by atoms with Crippen LogP contribution in [0.4, 0.5) is 0 Å². The molecule has 1 unspecified atom stereocenters. The van der Waals surface area contributed by atoms with Gasteiger partial charge in [0.15, 0.2) is 0 Å². The summed E-state index contributed by atoms with van der Waals surface area (Å²) in [7, 11) is 0.323. The van der Waals surface area contributed by atoms with E-state index in [1.54, 1.807) is 0 Å². The highest BCUT2D eigenvalue weighted by Crippen LogP contribution is 2.34. The molecule has 3 heteroatoms. The highest BCUT2D eigenvalue weighted by atomic mass is 31.1. The third kappa shape index (κ3) is 10.2. The molecule has 0 fully saturated rings.